The van der Waals surface area contributed by atoms with Crippen molar-refractivity contribution in [3.63, 3.8) is 0 Å². The number of fused-ring (bicyclic) bond motifs is 2. The van der Waals surface area contributed by atoms with Gasteiger partial charge in [0.05, 0.1) is 17.0 Å². The Bertz CT molecular complexity index is 1100. The number of amides is 1. The quantitative estimate of drug-likeness (QED) is 0.660. The molecule has 3 aromatic rings. The molecule has 1 aliphatic heterocycles. The maximum atomic E-state index is 13.3. The molecule has 4 rings (SSSR count). The number of hydrogen-bond donors (Lipinski definition) is 0. The average Bonchev–Trinajstić information content (AvgIpc) is 2.95. The zero-order valence-corrected chi connectivity index (χ0v) is 16.4. The lowest BCUT2D eigenvalue weighted by atomic mass is 9.99. The molecule has 1 unspecified atom stereocenters. The molecule has 1 aliphatic rings. The monoisotopic (exact) mass is 397 g/mol. The number of hydrogen-bond acceptors (Lipinski definition) is 5. The Morgan fingerprint density at radius 1 is 1.18 bits per heavy atom. The van der Waals surface area contributed by atoms with Crippen LogP contribution in [0.1, 0.15) is 34.1 Å². The summed E-state index contributed by atoms with van der Waals surface area (Å²) in [6.45, 7) is 1.35. The number of pyridine rings is 1. The second kappa shape index (κ2) is 7.37. The first kappa shape index (κ1) is 18.7. The van der Waals surface area contributed by atoms with Crippen molar-refractivity contribution in [2.24, 2.45) is 0 Å². The van der Waals surface area contributed by atoms with Crippen LogP contribution >= 0.6 is 11.6 Å². The second-order valence-corrected chi connectivity index (χ2v) is 7.59. The van der Waals surface area contributed by atoms with Gasteiger partial charge in [0.15, 0.2) is 5.43 Å². The molecule has 3 heterocycles. The van der Waals surface area contributed by atoms with Crippen molar-refractivity contribution in [2.45, 2.75) is 12.5 Å². The van der Waals surface area contributed by atoms with Gasteiger partial charge in [-0.2, -0.15) is 0 Å². The first-order chi connectivity index (χ1) is 13.5. The molecule has 0 radical (unpaired) electrons. The number of halogens is 1. The molecule has 7 heteroatoms. The van der Waals surface area contributed by atoms with Crippen LogP contribution in [0.15, 0.2) is 51.9 Å². The topological polar surface area (TPSA) is 66.7 Å². The SMILES string of the molecule is CN(C)CCCN1C(=O)c2oc3ccc(Cl)cc3c(=O)c2C1c1ccncc1. The van der Waals surface area contributed by atoms with Crippen LogP contribution in [0, 0.1) is 0 Å². The van der Waals surface area contributed by atoms with Crippen LogP contribution in [0.3, 0.4) is 0 Å². The number of rotatable bonds is 5. The number of carbonyl (C=O) groups is 1. The highest BCUT2D eigenvalue weighted by atomic mass is 35.5. The minimum atomic E-state index is -0.493. The number of nitrogens with zero attached hydrogens (tertiary/aromatic N) is 3. The molecule has 1 amide bonds. The molecular formula is C21H20ClN3O3. The van der Waals surface area contributed by atoms with Crippen molar-refractivity contribution >= 4 is 28.5 Å². The zero-order valence-electron chi connectivity index (χ0n) is 15.7. The second-order valence-electron chi connectivity index (χ2n) is 7.15. The van der Waals surface area contributed by atoms with Gasteiger partial charge in [-0.05, 0) is 63.0 Å². The number of benzene rings is 1. The van der Waals surface area contributed by atoms with E-state index in [4.69, 9.17) is 16.0 Å². The van der Waals surface area contributed by atoms with E-state index in [1.165, 1.54) is 0 Å². The van der Waals surface area contributed by atoms with E-state index in [1.54, 1.807) is 35.5 Å². The molecule has 2 aromatic heterocycles. The van der Waals surface area contributed by atoms with E-state index in [0.29, 0.717) is 28.1 Å². The van der Waals surface area contributed by atoms with Crippen LogP contribution < -0.4 is 5.43 Å². The Labute approximate surface area is 167 Å². The molecule has 0 N–H and O–H groups in total. The van der Waals surface area contributed by atoms with Crippen LogP contribution in [0.2, 0.25) is 5.02 Å². The van der Waals surface area contributed by atoms with Gasteiger partial charge in [0, 0.05) is 24.0 Å². The Morgan fingerprint density at radius 2 is 1.93 bits per heavy atom. The van der Waals surface area contributed by atoms with Gasteiger partial charge < -0.3 is 14.2 Å². The van der Waals surface area contributed by atoms with Gasteiger partial charge in [-0.3, -0.25) is 14.6 Å². The fraction of sp³-hybridized carbons (Fsp3) is 0.286. The normalized spacial score (nSPS) is 16.2. The number of carbonyl (C=O) groups excluding carboxylic acids is 1. The van der Waals surface area contributed by atoms with Crippen LogP contribution in [0.5, 0.6) is 0 Å². The molecular weight excluding hydrogens is 378 g/mol. The Balaban J connectivity index is 1.88. The minimum Gasteiger partial charge on any atom is -0.450 e. The molecule has 6 nitrogen and oxygen atoms in total. The molecule has 0 saturated carbocycles. The highest BCUT2D eigenvalue weighted by molar-refractivity contribution is 6.31. The maximum Gasteiger partial charge on any atom is 0.290 e. The largest absolute Gasteiger partial charge is 0.450 e. The third-order valence-corrected chi connectivity index (χ3v) is 5.19. The predicted octanol–water partition coefficient (Wildman–Crippen LogP) is 3.34. The summed E-state index contributed by atoms with van der Waals surface area (Å²) in [6, 6.07) is 8.02. The highest BCUT2D eigenvalue weighted by Crippen LogP contribution is 2.38. The summed E-state index contributed by atoms with van der Waals surface area (Å²) in [4.78, 5) is 34.3. The van der Waals surface area contributed by atoms with Gasteiger partial charge >= 0.3 is 0 Å². The summed E-state index contributed by atoms with van der Waals surface area (Å²) in [7, 11) is 3.98. The third-order valence-electron chi connectivity index (χ3n) is 4.95. The lowest BCUT2D eigenvalue weighted by Gasteiger charge is -2.25. The summed E-state index contributed by atoms with van der Waals surface area (Å²) in [5.74, 6) is -0.143. The smallest absolute Gasteiger partial charge is 0.290 e. The molecule has 0 saturated heterocycles. The Hall–Kier alpha value is -2.70. The van der Waals surface area contributed by atoms with E-state index in [2.05, 4.69) is 9.88 Å². The molecule has 144 valence electrons. The van der Waals surface area contributed by atoms with E-state index < -0.39 is 6.04 Å². The van der Waals surface area contributed by atoms with Crippen molar-refractivity contribution in [3.05, 3.63) is 74.9 Å². The van der Waals surface area contributed by atoms with Crippen LogP contribution in [-0.4, -0.2) is 47.9 Å². The van der Waals surface area contributed by atoms with Gasteiger partial charge in [-0.1, -0.05) is 11.6 Å². The van der Waals surface area contributed by atoms with E-state index in [-0.39, 0.29) is 17.1 Å². The van der Waals surface area contributed by atoms with E-state index in [0.717, 1.165) is 18.5 Å². The van der Waals surface area contributed by atoms with Gasteiger partial charge in [-0.15, -0.1) is 0 Å². The van der Waals surface area contributed by atoms with Crippen molar-refractivity contribution < 1.29 is 9.21 Å². The summed E-state index contributed by atoms with van der Waals surface area (Å²) < 4.78 is 5.89. The van der Waals surface area contributed by atoms with E-state index in [9.17, 15) is 9.59 Å². The first-order valence-electron chi connectivity index (χ1n) is 9.09. The van der Waals surface area contributed by atoms with Crippen molar-refractivity contribution in [3.8, 4) is 0 Å². The maximum absolute atomic E-state index is 13.3. The first-order valence-corrected chi connectivity index (χ1v) is 9.47. The zero-order chi connectivity index (χ0) is 19.8. The van der Waals surface area contributed by atoms with E-state index >= 15 is 0 Å². The van der Waals surface area contributed by atoms with Crippen LogP contribution in [-0.2, 0) is 0 Å². The van der Waals surface area contributed by atoms with Gasteiger partial charge in [0.25, 0.3) is 5.91 Å². The Morgan fingerprint density at radius 3 is 2.64 bits per heavy atom. The molecule has 1 aromatic carbocycles. The summed E-state index contributed by atoms with van der Waals surface area (Å²) in [5.41, 5.74) is 1.35. The fourth-order valence-corrected chi connectivity index (χ4v) is 3.84. The minimum absolute atomic E-state index is 0.117. The lowest BCUT2D eigenvalue weighted by Crippen LogP contribution is -2.32. The van der Waals surface area contributed by atoms with Gasteiger partial charge in [0.2, 0.25) is 5.76 Å². The van der Waals surface area contributed by atoms with Crippen LogP contribution in [0.4, 0.5) is 0 Å². The van der Waals surface area contributed by atoms with Crippen molar-refractivity contribution in [1.82, 2.24) is 14.8 Å². The molecule has 1 atom stereocenters. The standard InChI is InChI=1S/C21H20ClN3O3/c1-24(2)10-3-11-25-18(13-6-8-23-9-7-13)17-19(26)15-12-14(22)4-5-16(15)28-20(17)21(25)27/h4-9,12,18H,3,10-11H2,1-2H3. The van der Waals surface area contributed by atoms with Crippen molar-refractivity contribution in [2.75, 3.05) is 27.2 Å². The predicted molar refractivity (Wildman–Crippen MR) is 108 cm³/mol. The highest BCUT2D eigenvalue weighted by Gasteiger charge is 2.42. The average molecular weight is 398 g/mol. The molecule has 0 spiro atoms. The van der Waals surface area contributed by atoms with Crippen LogP contribution in [0.25, 0.3) is 11.0 Å². The fourth-order valence-electron chi connectivity index (χ4n) is 3.67. The molecule has 0 aliphatic carbocycles. The van der Waals surface area contributed by atoms with Gasteiger partial charge in [-0.25, -0.2) is 0 Å². The number of aromatic nitrogens is 1. The third kappa shape index (κ3) is 3.19. The Kier molecular flexibility index (Phi) is 4.91. The lowest BCUT2D eigenvalue weighted by molar-refractivity contribution is 0.0722. The molecule has 0 fully saturated rings. The summed E-state index contributed by atoms with van der Waals surface area (Å²) >= 11 is 6.08. The molecule has 0 bridgehead atoms. The summed E-state index contributed by atoms with van der Waals surface area (Å²) in [5, 5.41) is 0.834. The van der Waals surface area contributed by atoms with Gasteiger partial charge in [0.1, 0.15) is 5.58 Å². The van der Waals surface area contributed by atoms with Crippen molar-refractivity contribution in [1.29, 1.82) is 0 Å². The van der Waals surface area contributed by atoms with E-state index in [1.807, 2.05) is 26.2 Å². The molecule has 28 heavy (non-hydrogen) atoms. The summed E-state index contributed by atoms with van der Waals surface area (Å²) in [6.07, 6.45) is 4.11.